The van der Waals surface area contributed by atoms with Crippen molar-refractivity contribution < 1.29 is 23.9 Å². The molecule has 3 aliphatic rings. The molecule has 3 aliphatic heterocycles. The zero-order valence-electron chi connectivity index (χ0n) is 16.7. The third kappa shape index (κ3) is 4.44. The highest BCUT2D eigenvalue weighted by atomic mass is 79.9. The van der Waals surface area contributed by atoms with Gasteiger partial charge in [0.05, 0.1) is 13.0 Å². The quantitative estimate of drug-likeness (QED) is 0.621. The molecule has 160 valence electrons. The summed E-state index contributed by atoms with van der Waals surface area (Å²) in [5, 5.41) is 0. The molecule has 2 atom stereocenters. The number of rotatable bonds is 4. The highest BCUT2D eigenvalue weighted by molar-refractivity contribution is 9.10. The van der Waals surface area contributed by atoms with Gasteiger partial charge in [0.25, 0.3) is 0 Å². The Morgan fingerprint density at radius 1 is 1.03 bits per heavy atom. The van der Waals surface area contributed by atoms with Crippen LogP contribution in [0.1, 0.15) is 31.2 Å². The fourth-order valence-corrected chi connectivity index (χ4v) is 4.77. The summed E-state index contributed by atoms with van der Waals surface area (Å²) in [6, 6.07) is 7.57. The van der Waals surface area contributed by atoms with Gasteiger partial charge in [-0.2, -0.15) is 0 Å². The zero-order valence-corrected chi connectivity index (χ0v) is 18.3. The van der Waals surface area contributed by atoms with Crippen molar-refractivity contribution in [3.63, 3.8) is 0 Å². The highest BCUT2D eigenvalue weighted by Gasteiger charge is 2.55. The first-order valence-electron chi connectivity index (χ1n) is 10.4. The van der Waals surface area contributed by atoms with Crippen LogP contribution in [0.25, 0.3) is 0 Å². The van der Waals surface area contributed by atoms with E-state index >= 15 is 0 Å². The highest BCUT2D eigenvalue weighted by Crippen LogP contribution is 2.36. The van der Waals surface area contributed by atoms with E-state index in [1.807, 2.05) is 24.3 Å². The molecular formula is C22H25BrN2O5. The van der Waals surface area contributed by atoms with Gasteiger partial charge in [0.1, 0.15) is 0 Å². The lowest BCUT2D eigenvalue weighted by Crippen LogP contribution is -2.69. The summed E-state index contributed by atoms with van der Waals surface area (Å²) in [4.78, 5) is 41.9. The number of benzene rings is 1. The number of piperidine rings is 1. The molecule has 2 unspecified atom stereocenters. The number of likely N-dealkylation sites (tertiary alicyclic amines) is 2. The molecule has 0 aliphatic carbocycles. The number of carbonyl (C=O) groups excluding carboxylic acids is 3. The third-order valence-electron chi connectivity index (χ3n) is 5.92. The maximum atomic E-state index is 13.4. The molecule has 30 heavy (non-hydrogen) atoms. The lowest BCUT2D eigenvalue weighted by atomic mass is 9.92. The maximum absolute atomic E-state index is 13.4. The second kappa shape index (κ2) is 8.89. The lowest BCUT2D eigenvalue weighted by molar-refractivity contribution is -0.236. The van der Waals surface area contributed by atoms with Gasteiger partial charge < -0.3 is 9.47 Å². The van der Waals surface area contributed by atoms with E-state index in [1.165, 1.54) is 0 Å². The van der Waals surface area contributed by atoms with E-state index in [-0.39, 0.29) is 12.3 Å². The Kier molecular flexibility index (Phi) is 6.24. The van der Waals surface area contributed by atoms with Gasteiger partial charge in [-0.1, -0.05) is 28.1 Å². The van der Waals surface area contributed by atoms with Gasteiger partial charge in [-0.25, -0.2) is 9.59 Å². The summed E-state index contributed by atoms with van der Waals surface area (Å²) in [5.74, 6) is -1.35. The zero-order chi connectivity index (χ0) is 21.1. The van der Waals surface area contributed by atoms with Crippen molar-refractivity contribution in [1.29, 1.82) is 0 Å². The predicted molar refractivity (Wildman–Crippen MR) is 112 cm³/mol. The summed E-state index contributed by atoms with van der Waals surface area (Å²) < 4.78 is 12.6. The summed E-state index contributed by atoms with van der Waals surface area (Å²) in [6.45, 7) is 2.53. The maximum Gasteiger partial charge on any atom is 0.333 e. The Morgan fingerprint density at radius 2 is 1.73 bits per heavy atom. The van der Waals surface area contributed by atoms with E-state index in [0.717, 1.165) is 48.1 Å². The molecule has 8 heteroatoms. The van der Waals surface area contributed by atoms with Crippen molar-refractivity contribution in [3.8, 4) is 0 Å². The number of fused-ring (bicyclic) bond motifs is 1. The summed E-state index contributed by atoms with van der Waals surface area (Å²) in [6.07, 6.45) is 4.99. The molecule has 2 fully saturated rings. The second-order valence-corrected chi connectivity index (χ2v) is 8.91. The second-order valence-electron chi connectivity index (χ2n) is 8.00. The number of hydrogen-bond acceptors (Lipinski definition) is 6. The van der Waals surface area contributed by atoms with Crippen molar-refractivity contribution in [2.24, 2.45) is 0 Å². The standard InChI is InChI=1S/C22H25BrN2O5/c23-17-7-5-16(6-8-17)14-19(26)25-13-3-4-18-22(25,15-24-11-1-2-12-24)30-21(28)10-9-20(27)29-18/h5-10,18H,1-4,11-15H2/b10-9-. The molecule has 1 aromatic carbocycles. The Labute approximate surface area is 184 Å². The van der Waals surface area contributed by atoms with Crippen molar-refractivity contribution in [1.82, 2.24) is 9.80 Å². The van der Waals surface area contributed by atoms with Crippen LogP contribution < -0.4 is 0 Å². The van der Waals surface area contributed by atoms with E-state index in [4.69, 9.17) is 9.47 Å². The van der Waals surface area contributed by atoms with Gasteiger partial charge in [0.15, 0.2) is 6.10 Å². The van der Waals surface area contributed by atoms with Crippen LogP contribution in [-0.2, 0) is 30.3 Å². The fourth-order valence-electron chi connectivity index (χ4n) is 4.51. The van der Waals surface area contributed by atoms with Crippen LogP contribution in [-0.4, -0.2) is 65.7 Å². The number of amides is 1. The van der Waals surface area contributed by atoms with E-state index in [2.05, 4.69) is 20.8 Å². The average Bonchev–Trinajstić information content (AvgIpc) is 3.21. The molecule has 0 N–H and O–H groups in total. The molecule has 1 aromatic rings. The molecule has 0 radical (unpaired) electrons. The monoisotopic (exact) mass is 476 g/mol. The predicted octanol–water partition coefficient (Wildman–Crippen LogP) is 2.43. The molecule has 7 nitrogen and oxygen atoms in total. The van der Waals surface area contributed by atoms with E-state index in [0.29, 0.717) is 25.9 Å². The number of esters is 2. The Hall–Kier alpha value is -2.19. The fraction of sp³-hybridized carbons (Fsp3) is 0.500. The average molecular weight is 477 g/mol. The number of hydrogen-bond donors (Lipinski definition) is 0. The molecule has 0 spiro atoms. The molecule has 0 saturated carbocycles. The SMILES string of the molecule is O=C1/C=C\C(=O)OC2(CN3CCCC3)C(CCCN2C(=O)Cc2ccc(Br)cc2)O1. The van der Waals surface area contributed by atoms with Crippen molar-refractivity contribution in [3.05, 3.63) is 46.5 Å². The summed E-state index contributed by atoms with van der Waals surface area (Å²) in [7, 11) is 0. The minimum atomic E-state index is -1.31. The van der Waals surface area contributed by atoms with Crippen molar-refractivity contribution in [2.75, 3.05) is 26.2 Å². The number of halogens is 1. The first-order valence-corrected chi connectivity index (χ1v) is 11.1. The molecule has 3 heterocycles. The first-order chi connectivity index (χ1) is 14.5. The molecule has 2 saturated heterocycles. The minimum absolute atomic E-state index is 0.144. The van der Waals surface area contributed by atoms with Gasteiger partial charge in [-0.15, -0.1) is 0 Å². The molecule has 0 aromatic heterocycles. The van der Waals surface area contributed by atoms with E-state index in [1.54, 1.807) is 4.90 Å². The normalized spacial score (nSPS) is 28.2. The van der Waals surface area contributed by atoms with Gasteiger partial charge in [-0.05, 0) is 56.5 Å². The van der Waals surface area contributed by atoms with Gasteiger partial charge >= 0.3 is 11.9 Å². The van der Waals surface area contributed by atoms with Crippen LogP contribution in [0.5, 0.6) is 0 Å². The van der Waals surface area contributed by atoms with Crippen LogP contribution in [0.4, 0.5) is 0 Å². The van der Waals surface area contributed by atoms with Crippen LogP contribution in [0, 0.1) is 0 Å². The molecular weight excluding hydrogens is 452 g/mol. The lowest BCUT2D eigenvalue weighted by Gasteiger charge is -2.51. The number of ether oxygens (including phenoxy) is 2. The van der Waals surface area contributed by atoms with Crippen molar-refractivity contribution in [2.45, 2.75) is 43.9 Å². The van der Waals surface area contributed by atoms with E-state index < -0.39 is 23.8 Å². The third-order valence-corrected chi connectivity index (χ3v) is 6.45. The van der Waals surface area contributed by atoms with Crippen LogP contribution >= 0.6 is 15.9 Å². The Bertz CT molecular complexity index is 850. The first kappa shape index (κ1) is 21.1. The Balaban J connectivity index is 1.67. The number of nitrogens with zero attached hydrogens (tertiary/aromatic N) is 2. The van der Waals surface area contributed by atoms with E-state index in [9.17, 15) is 14.4 Å². The largest absolute Gasteiger partial charge is 0.453 e. The minimum Gasteiger partial charge on any atom is -0.453 e. The molecule has 4 rings (SSSR count). The number of carbonyl (C=O) groups is 3. The summed E-state index contributed by atoms with van der Waals surface area (Å²) in [5.41, 5.74) is -0.442. The molecule has 1 amide bonds. The summed E-state index contributed by atoms with van der Waals surface area (Å²) >= 11 is 3.41. The van der Waals surface area contributed by atoms with Gasteiger partial charge in [-0.3, -0.25) is 14.6 Å². The van der Waals surface area contributed by atoms with Gasteiger partial charge in [0, 0.05) is 23.2 Å². The Morgan fingerprint density at radius 3 is 2.47 bits per heavy atom. The molecule has 0 bridgehead atoms. The van der Waals surface area contributed by atoms with Gasteiger partial charge in [0.2, 0.25) is 11.6 Å². The van der Waals surface area contributed by atoms with Crippen LogP contribution in [0.15, 0.2) is 40.9 Å². The van der Waals surface area contributed by atoms with Crippen LogP contribution in [0.3, 0.4) is 0 Å². The van der Waals surface area contributed by atoms with Crippen molar-refractivity contribution >= 4 is 33.8 Å². The van der Waals surface area contributed by atoms with Crippen LogP contribution in [0.2, 0.25) is 0 Å². The topological polar surface area (TPSA) is 76.2 Å². The smallest absolute Gasteiger partial charge is 0.333 e.